The minimum absolute atomic E-state index is 0.0121. The zero-order valence-corrected chi connectivity index (χ0v) is 20.6. The molecule has 0 aromatic heterocycles. The molecule has 0 N–H and O–H groups in total. The van der Waals surface area contributed by atoms with Crippen molar-refractivity contribution in [2.24, 2.45) is 0 Å². The summed E-state index contributed by atoms with van der Waals surface area (Å²) in [6, 6.07) is 0. The van der Waals surface area contributed by atoms with Crippen LogP contribution in [0.5, 0.6) is 0 Å². The van der Waals surface area contributed by atoms with Gasteiger partial charge in [0.1, 0.15) is 6.10 Å². The highest BCUT2D eigenvalue weighted by molar-refractivity contribution is 6.74. The Morgan fingerprint density at radius 1 is 1.10 bits per heavy atom. The topological polar surface area (TPSA) is 61.8 Å². The summed E-state index contributed by atoms with van der Waals surface area (Å²) in [5, 5.41) is -0.0121. The van der Waals surface area contributed by atoms with Crippen LogP contribution in [0.2, 0.25) is 18.1 Å². The smallest absolute Gasteiger partial charge is 0.333 e. The van der Waals surface area contributed by atoms with E-state index in [4.69, 9.17) is 13.9 Å². The summed E-state index contributed by atoms with van der Waals surface area (Å²) in [4.78, 5) is 23.7. The molecule has 2 unspecified atom stereocenters. The average Bonchev–Trinajstić information content (AvgIpc) is 2.94. The van der Waals surface area contributed by atoms with Gasteiger partial charge in [-0.3, -0.25) is 4.79 Å². The van der Waals surface area contributed by atoms with E-state index in [9.17, 15) is 9.59 Å². The maximum atomic E-state index is 12.0. The second-order valence-electron chi connectivity index (χ2n) is 9.65. The number of unbranched alkanes of at least 4 members (excludes halogenated alkanes) is 7. The van der Waals surface area contributed by atoms with Crippen LogP contribution in [0.4, 0.5) is 0 Å². The lowest BCUT2D eigenvalue weighted by Crippen LogP contribution is -2.45. The summed E-state index contributed by atoms with van der Waals surface area (Å²) in [6.45, 7) is 14.3. The van der Waals surface area contributed by atoms with Crippen molar-refractivity contribution >= 4 is 20.3 Å². The Bertz CT molecular complexity index is 562. The number of carbonyl (C=O) groups is 2. The summed E-state index contributed by atoms with van der Waals surface area (Å²) in [5.41, 5.74) is 0.651. The molecule has 0 aromatic rings. The molecule has 2 atom stereocenters. The predicted molar refractivity (Wildman–Crippen MR) is 119 cm³/mol. The maximum Gasteiger partial charge on any atom is 0.333 e. The Kier molecular flexibility index (Phi) is 10.6. The first-order valence-electron chi connectivity index (χ1n) is 11.2. The molecule has 0 aliphatic carbocycles. The molecule has 0 fully saturated rings. The van der Waals surface area contributed by atoms with E-state index in [2.05, 4.69) is 40.8 Å². The largest absolute Gasteiger partial charge is 0.458 e. The Labute approximate surface area is 178 Å². The van der Waals surface area contributed by atoms with Crippen LogP contribution >= 0.6 is 0 Å². The fraction of sp³-hybridized carbons (Fsp3) is 0.826. The fourth-order valence-corrected chi connectivity index (χ4v) is 4.22. The van der Waals surface area contributed by atoms with Crippen LogP contribution in [-0.4, -0.2) is 32.6 Å². The molecule has 1 rings (SSSR count). The Morgan fingerprint density at radius 3 is 2.17 bits per heavy atom. The monoisotopic (exact) mass is 426 g/mol. The standard InChI is InChI=1S/C23H42O5Si/c1-8-9-10-11-12-13-14-15-16-20(26-18(2)24)19-17-21(25)27-22(19)28-29(6,7)23(3,4)5/h17,20,22H,8-16H2,1-7H3. The lowest BCUT2D eigenvalue weighted by molar-refractivity contribution is -0.152. The average molecular weight is 427 g/mol. The van der Waals surface area contributed by atoms with E-state index in [1.165, 1.54) is 51.5 Å². The summed E-state index contributed by atoms with van der Waals surface area (Å²) in [6.07, 6.45) is 10.6. The molecule has 0 amide bonds. The van der Waals surface area contributed by atoms with Crippen molar-refractivity contribution in [3.8, 4) is 0 Å². The van der Waals surface area contributed by atoms with E-state index in [0.29, 0.717) is 12.0 Å². The zero-order chi connectivity index (χ0) is 22.1. The number of cyclic esters (lactones) is 1. The van der Waals surface area contributed by atoms with Gasteiger partial charge < -0.3 is 13.9 Å². The lowest BCUT2D eigenvalue weighted by Gasteiger charge is -2.38. The highest BCUT2D eigenvalue weighted by atomic mass is 28.4. The Morgan fingerprint density at radius 2 is 1.66 bits per heavy atom. The number of esters is 2. The minimum atomic E-state index is -2.15. The van der Waals surface area contributed by atoms with Gasteiger partial charge in [0.25, 0.3) is 0 Å². The predicted octanol–water partition coefficient (Wildman–Crippen LogP) is 6.28. The van der Waals surface area contributed by atoms with E-state index in [1.54, 1.807) is 0 Å². The summed E-state index contributed by atoms with van der Waals surface area (Å²) in [5.74, 6) is -0.766. The van der Waals surface area contributed by atoms with Gasteiger partial charge in [-0.1, -0.05) is 72.6 Å². The molecule has 1 aliphatic heterocycles. The number of hydrogen-bond donors (Lipinski definition) is 0. The van der Waals surface area contributed by atoms with Gasteiger partial charge in [0.05, 0.1) is 0 Å². The highest BCUT2D eigenvalue weighted by Gasteiger charge is 2.44. The van der Waals surface area contributed by atoms with Gasteiger partial charge in [-0.15, -0.1) is 0 Å². The second kappa shape index (κ2) is 11.9. The maximum absolute atomic E-state index is 12.0. The van der Waals surface area contributed by atoms with E-state index in [1.807, 2.05) is 0 Å². The molecule has 1 heterocycles. The third-order valence-corrected chi connectivity index (χ3v) is 10.4. The van der Waals surface area contributed by atoms with E-state index < -0.39 is 26.7 Å². The van der Waals surface area contributed by atoms with Crippen LogP contribution in [0, 0.1) is 0 Å². The van der Waals surface area contributed by atoms with Crippen LogP contribution in [0.3, 0.4) is 0 Å². The molecule has 0 bridgehead atoms. The normalized spacial score (nSPS) is 18.4. The molecular weight excluding hydrogens is 384 g/mol. The Hall–Kier alpha value is -1.14. The molecule has 5 nitrogen and oxygen atoms in total. The van der Waals surface area contributed by atoms with Crippen molar-refractivity contribution in [2.45, 2.75) is 123 Å². The first kappa shape index (κ1) is 25.9. The quantitative estimate of drug-likeness (QED) is 0.197. The van der Waals surface area contributed by atoms with Gasteiger partial charge in [0.2, 0.25) is 6.29 Å². The summed E-state index contributed by atoms with van der Waals surface area (Å²) >= 11 is 0. The molecule has 29 heavy (non-hydrogen) atoms. The van der Waals surface area contributed by atoms with Gasteiger partial charge in [-0.25, -0.2) is 4.79 Å². The second-order valence-corrected chi connectivity index (χ2v) is 14.4. The fourth-order valence-electron chi connectivity index (χ4n) is 3.15. The molecule has 0 saturated heterocycles. The van der Waals surface area contributed by atoms with E-state index >= 15 is 0 Å². The lowest BCUT2D eigenvalue weighted by atomic mass is 10.0. The highest BCUT2D eigenvalue weighted by Crippen LogP contribution is 2.39. The third-order valence-electron chi connectivity index (χ3n) is 5.99. The molecule has 0 radical (unpaired) electrons. The van der Waals surface area contributed by atoms with Crippen molar-refractivity contribution in [1.82, 2.24) is 0 Å². The van der Waals surface area contributed by atoms with Crippen molar-refractivity contribution in [3.05, 3.63) is 11.6 Å². The molecule has 6 heteroatoms. The number of rotatable bonds is 13. The van der Waals surface area contributed by atoms with Gasteiger partial charge in [0, 0.05) is 18.6 Å². The first-order chi connectivity index (χ1) is 13.5. The number of carbonyl (C=O) groups excluding carboxylic acids is 2. The van der Waals surface area contributed by atoms with Crippen LogP contribution in [0.1, 0.15) is 92.4 Å². The van der Waals surface area contributed by atoms with Crippen molar-refractivity contribution < 1.29 is 23.5 Å². The molecule has 0 saturated carbocycles. The summed E-state index contributed by atoms with van der Waals surface area (Å²) in [7, 11) is -2.15. The molecule has 0 aromatic carbocycles. The number of ether oxygens (including phenoxy) is 2. The molecule has 1 aliphatic rings. The third kappa shape index (κ3) is 9.03. The van der Waals surface area contributed by atoms with Gasteiger partial charge >= 0.3 is 11.9 Å². The molecular formula is C23H42O5Si. The Balaban J connectivity index is 2.68. The summed E-state index contributed by atoms with van der Waals surface area (Å²) < 4.78 is 17.3. The van der Waals surface area contributed by atoms with E-state index in [-0.39, 0.29) is 11.0 Å². The SMILES string of the molecule is CCCCCCCCCCC(OC(C)=O)C1=CC(=O)OC1O[Si](C)(C)C(C)(C)C. The van der Waals surface area contributed by atoms with Crippen LogP contribution in [0.15, 0.2) is 11.6 Å². The number of hydrogen-bond acceptors (Lipinski definition) is 5. The van der Waals surface area contributed by atoms with Crippen molar-refractivity contribution in [3.63, 3.8) is 0 Å². The zero-order valence-electron chi connectivity index (χ0n) is 19.6. The minimum Gasteiger partial charge on any atom is -0.458 e. The molecule has 0 spiro atoms. The first-order valence-corrected chi connectivity index (χ1v) is 14.2. The van der Waals surface area contributed by atoms with Crippen LogP contribution in [0.25, 0.3) is 0 Å². The molecule has 168 valence electrons. The van der Waals surface area contributed by atoms with Crippen LogP contribution in [-0.2, 0) is 23.5 Å². The van der Waals surface area contributed by atoms with Gasteiger partial charge in [0.15, 0.2) is 8.32 Å². The van der Waals surface area contributed by atoms with E-state index in [0.717, 1.165) is 12.8 Å². The van der Waals surface area contributed by atoms with Crippen molar-refractivity contribution in [1.29, 1.82) is 0 Å². The van der Waals surface area contributed by atoms with Gasteiger partial charge in [-0.05, 0) is 31.0 Å². The van der Waals surface area contributed by atoms with Crippen LogP contribution < -0.4 is 0 Å². The van der Waals surface area contributed by atoms with Gasteiger partial charge in [-0.2, -0.15) is 0 Å². The van der Waals surface area contributed by atoms with Crippen molar-refractivity contribution in [2.75, 3.05) is 0 Å².